The molecule has 0 saturated carbocycles. The highest BCUT2D eigenvalue weighted by Crippen LogP contribution is 2.36. The highest BCUT2D eigenvalue weighted by atomic mass is 35.5. The van der Waals surface area contributed by atoms with E-state index in [1.165, 1.54) is 0 Å². The summed E-state index contributed by atoms with van der Waals surface area (Å²) >= 11 is 17.8. The van der Waals surface area contributed by atoms with E-state index in [0.717, 1.165) is 12.2 Å². The second-order valence-corrected chi connectivity index (χ2v) is 4.96. The maximum absolute atomic E-state index is 6.05. The number of anilines is 1. The van der Waals surface area contributed by atoms with E-state index in [9.17, 15) is 0 Å². The molecule has 0 fully saturated rings. The van der Waals surface area contributed by atoms with Gasteiger partial charge in [0.15, 0.2) is 0 Å². The molecule has 19 heavy (non-hydrogen) atoms. The third-order valence-corrected chi connectivity index (χ3v) is 3.31. The van der Waals surface area contributed by atoms with Crippen molar-refractivity contribution in [1.29, 1.82) is 0 Å². The van der Waals surface area contributed by atoms with Gasteiger partial charge in [-0.3, -0.25) is 4.98 Å². The predicted octanol–water partition coefficient (Wildman–Crippen LogP) is 5.27. The summed E-state index contributed by atoms with van der Waals surface area (Å²) in [5, 5.41) is 4.31. The van der Waals surface area contributed by atoms with Gasteiger partial charge in [-0.05, 0) is 13.0 Å². The third-order valence-electron chi connectivity index (χ3n) is 2.30. The van der Waals surface area contributed by atoms with Crippen LogP contribution in [0.3, 0.4) is 0 Å². The van der Waals surface area contributed by atoms with Crippen molar-refractivity contribution >= 4 is 40.5 Å². The minimum Gasteiger partial charge on any atom is -0.454 e. The fraction of sp³-hybridized carbons (Fsp3) is 0.154. The SMILES string of the molecule is CCNc1cncc(Oc2cc(Cl)c(Cl)cc2Cl)c1. The van der Waals surface area contributed by atoms with E-state index >= 15 is 0 Å². The van der Waals surface area contributed by atoms with Gasteiger partial charge in [0.1, 0.15) is 11.5 Å². The molecule has 0 radical (unpaired) electrons. The molecule has 100 valence electrons. The number of nitrogens with zero attached hydrogens (tertiary/aromatic N) is 1. The van der Waals surface area contributed by atoms with Gasteiger partial charge in [0.05, 0.1) is 33.1 Å². The van der Waals surface area contributed by atoms with E-state index in [4.69, 9.17) is 39.5 Å². The fourth-order valence-corrected chi connectivity index (χ4v) is 2.06. The van der Waals surface area contributed by atoms with Crippen LogP contribution in [0.2, 0.25) is 15.1 Å². The molecule has 0 aliphatic heterocycles. The van der Waals surface area contributed by atoms with Crippen LogP contribution in [0.15, 0.2) is 30.6 Å². The summed E-state index contributed by atoms with van der Waals surface area (Å²) in [5.41, 5.74) is 0.871. The summed E-state index contributed by atoms with van der Waals surface area (Å²) in [4.78, 5) is 4.08. The molecule has 0 bridgehead atoms. The lowest BCUT2D eigenvalue weighted by atomic mass is 10.3. The number of pyridine rings is 1. The number of halogens is 3. The van der Waals surface area contributed by atoms with Crippen LogP contribution in [0.5, 0.6) is 11.5 Å². The molecule has 6 heteroatoms. The van der Waals surface area contributed by atoms with Crippen molar-refractivity contribution in [3.8, 4) is 11.5 Å². The zero-order chi connectivity index (χ0) is 13.8. The molecule has 1 N–H and O–H groups in total. The van der Waals surface area contributed by atoms with Gasteiger partial charge in [-0.2, -0.15) is 0 Å². The number of benzene rings is 1. The van der Waals surface area contributed by atoms with Crippen LogP contribution in [0, 0.1) is 0 Å². The van der Waals surface area contributed by atoms with Crippen molar-refractivity contribution in [2.45, 2.75) is 6.92 Å². The molecule has 0 spiro atoms. The van der Waals surface area contributed by atoms with Crippen molar-refractivity contribution in [3.05, 3.63) is 45.7 Å². The quantitative estimate of drug-likeness (QED) is 0.780. The lowest BCUT2D eigenvalue weighted by molar-refractivity contribution is 0.481. The first-order valence-electron chi connectivity index (χ1n) is 5.61. The van der Waals surface area contributed by atoms with Gasteiger partial charge in [-0.1, -0.05) is 34.8 Å². The minimum absolute atomic E-state index is 0.386. The minimum atomic E-state index is 0.386. The molecule has 0 aliphatic rings. The number of nitrogens with one attached hydrogen (secondary N) is 1. The van der Waals surface area contributed by atoms with E-state index in [1.54, 1.807) is 24.5 Å². The van der Waals surface area contributed by atoms with E-state index in [-0.39, 0.29) is 0 Å². The summed E-state index contributed by atoms with van der Waals surface area (Å²) in [6.07, 6.45) is 3.31. The topological polar surface area (TPSA) is 34.2 Å². The number of aromatic nitrogens is 1. The van der Waals surface area contributed by atoms with Crippen molar-refractivity contribution in [2.75, 3.05) is 11.9 Å². The molecule has 2 aromatic rings. The maximum atomic E-state index is 6.05. The summed E-state index contributed by atoms with van der Waals surface area (Å²) in [5.74, 6) is 1.00. The Morgan fingerprint density at radius 1 is 1.05 bits per heavy atom. The normalized spacial score (nSPS) is 10.3. The fourth-order valence-electron chi connectivity index (χ4n) is 1.48. The Hall–Kier alpha value is -1.16. The van der Waals surface area contributed by atoms with Crippen LogP contribution < -0.4 is 10.1 Å². The molecule has 3 nitrogen and oxygen atoms in total. The molecule has 2 rings (SSSR count). The van der Waals surface area contributed by atoms with E-state index in [0.29, 0.717) is 26.6 Å². The first-order valence-corrected chi connectivity index (χ1v) is 6.75. The average molecular weight is 318 g/mol. The van der Waals surface area contributed by atoms with Crippen LogP contribution in [0.1, 0.15) is 6.92 Å². The second-order valence-electron chi connectivity index (χ2n) is 3.74. The van der Waals surface area contributed by atoms with Crippen LogP contribution in [0.4, 0.5) is 5.69 Å². The Bertz CT molecular complexity index is 590. The van der Waals surface area contributed by atoms with Crippen LogP contribution in [0.25, 0.3) is 0 Å². The van der Waals surface area contributed by atoms with Gasteiger partial charge in [-0.25, -0.2) is 0 Å². The predicted molar refractivity (Wildman–Crippen MR) is 79.9 cm³/mol. The van der Waals surface area contributed by atoms with Gasteiger partial charge >= 0.3 is 0 Å². The van der Waals surface area contributed by atoms with Crippen molar-refractivity contribution < 1.29 is 4.74 Å². The van der Waals surface area contributed by atoms with E-state index < -0.39 is 0 Å². The summed E-state index contributed by atoms with van der Waals surface area (Å²) in [6, 6.07) is 4.95. The molecule has 1 aromatic heterocycles. The van der Waals surface area contributed by atoms with Gasteiger partial charge in [-0.15, -0.1) is 0 Å². The largest absolute Gasteiger partial charge is 0.454 e. The standard InChI is InChI=1S/C13H11Cl3N2O/c1-2-18-8-3-9(7-17-6-8)19-13-5-11(15)10(14)4-12(13)16/h3-7,18H,2H2,1H3. The number of hydrogen-bond donors (Lipinski definition) is 1. The Labute approximate surface area is 126 Å². The monoisotopic (exact) mass is 316 g/mol. The highest BCUT2D eigenvalue weighted by molar-refractivity contribution is 6.43. The summed E-state index contributed by atoms with van der Waals surface area (Å²) in [6.45, 7) is 2.81. The zero-order valence-electron chi connectivity index (χ0n) is 10.1. The number of hydrogen-bond acceptors (Lipinski definition) is 3. The maximum Gasteiger partial charge on any atom is 0.147 e. The summed E-state index contributed by atoms with van der Waals surface area (Å²) in [7, 11) is 0. The first kappa shape index (κ1) is 14.3. The van der Waals surface area contributed by atoms with Gasteiger partial charge < -0.3 is 10.1 Å². The smallest absolute Gasteiger partial charge is 0.147 e. The van der Waals surface area contributed by atoms with E-state index in [1.807, 2.05) is 13.0 Å². The lowest BCUT2D eigenvalue weighted by Gasteiger charge is -2.10. The zero-order valence-corrected chi connectivity index (χ0v) is 12.4. The highest BCUT2D eigenvalue weighted by Gasteiger charge is 2.08. The Morgan fingerprint density at radius 2 is 1.79 bits per heavy atom. The number of ether oxygens (including phenoxy) is 1. The van der Waals surface area contributed by atoms with E-state index in [2.05, 4.69) is 10.3 Å². The Kier molecular flexibility index (Phi) is 4.75. The molecular weight excluding hydrogens is 307 g/mol. The molecule has 0 amide bonds. The van der Waals surface area contributed by atoms with Crippen LogP contribution in [-0.2, 0) is 0 Å². The summed E-state index contributed by atoms with van der Waals surface area (Å²) < 4.78 is 5.65. The molecule has 1 heterocycles. The van der Waals surface area contributed by atoms with Gasteiger partial charge in [0, 0.05) is 18.7 Å². The molecule has 1 aromatic carbocycles. The first-order chi connectivity index (χ1) is 9.10. The molecule has 0 saturated heterocycles. The molecular formula is C13H11Cl3N2O. The Morgan fingerprint density at radius 3 is 2.53 bits per heavy atom. The van der Waals surface area contributed by atoms with Crippen LogP contribution in [-0.4, -0.2) is 11.5 Å². The average Bonchev–Trinajstić information content (AvgIpc) is 2.37. The van der Waals surface area contributed by atoms with Gasteiger partial charge in [0.2, 0.25) is 0 Å². The van der Waals surface area contributed by atoms with Crippen molar-refractivity contribution in [3.63, 3.8) is 0 Å². The van der Waals surface area contributed by atoms with Crippen LogP contribution >= 0.6 is 34.8 Å². The Balaban J connectivity index is 2.25. The van der Waals surface area contributed by atoms with Gasteiger partial charge in [0.25, 0.3) is 0 Å². The third kappa shape index (κ3) is 3.66. The molecule has 0 unspecified atom stereocenters. The number of rotatable bonds is 4. The van der Waals surface area contributed by atoms with Crippen molar-refractivity contribution in [2.24, 2.45) is 0 Å². The molecule has 0 aliphatic carbocycles. The lowest BCUT2D eigenvalue weighted by Crippen LogP contribution is -1.97. The second kappa shape index (κ2) is 6.33. The molecule has 0 atom stereocenters. The van der Waals surface area contributed by atoms with Crippen molar-refractivity contribution in [1.82, 2.24) is 4.98 Å².